The van der Waals surface area contributed by atoms with Gasteiger partial charge in [-0.15, -0.1) is 9.36 Å². The van der Waals surface area contributed by atoms with Gasteiger partial charge in [0.1, 0.15) is 11.3 Å². The lowest BCUT2D eigenvalue weighted by Gasteiger charge is -1.97. The van der Waals surface area contributed by atoms with E-state index in [1.165, 1.54) is 0 Å². The maximum absolute atomic E-state index is 11.6. The van der Waals surface area contributed by atoms with E-state index >= 15 is 0 Å². The van der Waals surface area contributed by atoms with Gasteiger partial charge in [-0.25, -0.2) is 4.79 Å². The third kappa shape index (κ3) is 1.69. The van der Waals surface area contributed by atoms with Gasteiger partial charge in [0.2, 0.25) is 6.20 Å². The molecule has 0 radical (unpaired) electrons. The Labute approximate surface area is 109 Å². The highest BCUT2D eigenvalue weighted by Crippen LogP contribution is 2.23. The highest BCUT2D eigenvalue weighted by Gasteiger charge is 2.28. The molecular weight excluding hydrogens is 252 g/mol. The van der Waals surface area contributed by atoms with Crippen LogP contribution in [-0.4, -0.2) is 17.3 Å². The number of aromatic nitrogens is 2. The summed E-state index contributed by atoms with van der Waals surface area (Å²) in [6.07, 6.45) is 3.59. The fraction of sp³-hybridized carbons (Fsp3) is 0.231. The number of hydrogen-bond acceptors (Lipinski definition) is 2. The molecule has 5 heteroatoms. The Hall–Kier alpha value is -1.81. The van der Waals surface area contributed by atoms with Crippen LogP contribution in [0.25, 0.3) is 5.69 Å². The number of rotatable bonds is 2. The van der Waals surface area contributed by atoms with Crippen LogP contribution in [-0.2, 0) is 11.3 Å². The first-order chi connectivity index (χ1) is 8.69. The molecule has 1 aromatic carbocycles. The second kappa shape index (κ2) is 4.14. The van der Waals surface area contributed by atoms with E-state index in [4.69, 9.17) is 16.3 Å². The van der Waals surface area contributed by atoms with Gasteiger partial charge in [-0.1, -0.05) is 11.6 Å². The minimum Gasteiger partial charge on any atom is -0.462 e. The van der Waals surface area contributed by atoms with Crippen molar-refractivity contribution in [3.63, 3.8) is 0 Å². The summed E-state index contributed by atoms with van der Waals surface area (Å²) in [7, 11) is 0. The molecule has 1 aliphatic heterocycles. The summed E-state index contributed by atoms with van der Waals surface area (Å²) in [5.41, 5.74) is 2.77. The highest BCUT2D eigenvalue weighted by molar-refractivity contribution is 6.30. The maximum Gasteiger partial charge on any atom is 0.346 e. The van der Waals surface area contributed by atoms with Crippen LogP contribution in [0.2, 0.25) is 5.02 Å². The van der Waals surface area contributed by atoms with Crippen LogP contribution in [0.3, 0.4) is 0 Å². The lowest BCUT2D eigenvalue weighted by molar-refractivity contribution is -0.751. The first-order valence-electron chi connectivity index (χ1n) is 5.77. The van der Waals surface area contributed by atoms with Crippen molar-refractivity contribution in [1.29, 1.82) is 0 Å². The van der Waals surface area contributed by atoms with Crippen molar-refractivity contribution in [1.82, 2.24) is 4.68 Å². The van der Waals surface area contributed by atoms with Gasteiger partial charge >= 0.3 is 5.97 Å². The molecular formula is C13H12ClN2O2+. The molecule has 0 N–H and O–H groups in total. The number of hydrogen-bond donors (Lipinski definition) is 0. The van der Waals surface area contributed by atoms with Gasteiger partial charge in [0, 0.05) is 5.02 Å². The number of carbonyl (C=O) groups is 1. The first kappa shape index (κ1) is 11.3. The zero-order chi connectivity index (χ0) is 12.7. The minimum atomic E-state index is -0.289. The predicted molar refractivity (Wildman–Crippen MR) is 66.0 cm³/mol. The summed E-state index contributed by atoms with van der Waals surface area (Å²) >= 11 is 5.96. The Bertz CT molecular complexity index is 634. The van der Waals surface area contributed by atoms with E-state index in [0.29, 0.717) is 12.2 Å². The van der Waals surface area contributed by atoms with Gasteiger partial charge in [-0.2, -0.15) is 0 Å². The number of nitrogens with zero attached hydrogens (tertiary/aromatic N) is 2. The van der Waals surface area contributed by atoms with Crippen molar-refractivity contribution in [2.45, 2.75) is 13.5 Å². The second-order valence-electron chi connectivity index (χ2n) is 4.15. The molecule has 0 aliphatic carbocycles. The van der Waals surface area contributed by atoms with Crippen molar-refractivity contribution in [3.05, 3.63) is 46.7 Å². The van der Waals surface area contributed by atoms with E-state index < -0.39 is 0 Å². The average Bonchev–Trinajstić information content (AvgIpc) is 2.85. The Morgan fingerprint density at radius 3 is 3.17 bits per heavy atom. The van der Waals surface area contributed by atoms with Gasteiger partial charge in [0.15, 0.2) is 6.54 Å². The summed E-state index contributed by atoms with van der Waals surface area (Å²) in [5.74, 6) is -0.289. The normalized spacial score (nSPS) is 12.1. The maximum atomic E-state index is 11.6. The number of esters is 1. The predicted octanol–water partition coefficient (Wildman–Crippen LogP) is 1.96. The molecule has 0 amide bonds. The molecule has 0 unspecified atom stereocenters. The Morgan fingerprint density at radius 2 is 2.39 bits per heavy atom. The quantitative estimate of drug-likeness (QED) is 0.523. The Balaban J connectivity index is 2.00. The van der Waals surface area contributed by atoms with Crippen LogP contribution in [0.15, 0.2) is 30.6 Å². The molecule has 92 valence electrons. The number of fused-ring (bicyclic) bond motifs is 3. The third-order valence-corrected chi connectivity index (χ3v) is 3.19. The summed E-state index contributed by atoms with van der Waals surface area (Å²) < 4.78 is 8.89. The zero-order valence-corrected chi connectivity index (χ0v) is 10.6. The van der Waals surface area contributed by atoms with Gasteiger partial charge < -0.3 is 4.74 Å². The number of halogens is 1. The number of benzene rings is 1. The molecule has 0 saturated carbocycles. The van der Waals surface area contributed by atoms with Crippen LogP contribution in [0.5, 0.6) is 0 Å². The summed E-state index contributed by atoms with van der Waals surface area (Å²) in [6.45, 7) is 2.90. The SMILES string of the molecule is CCOC(=O)c1cn2[n+](c1)Cc1cc(Cl)ccc1-2. The lowest BCUT2D eigenvalue weighted by atomic mass is 10.2. The van der Waals surface area contributed by atoms with Crippen molar-refractivity contribution in [3.8, 4) is 5.69 Å². The molecule has 4 nitrogen and oxygen atoms in total. The van der Waals surface area contributed by atoms with E-state index in [1.54, 1.807) is 19.3 Å². The lowest BCUT2D eigenvalue weighted by Crippen LogP contribution is -2.36. The minimum absolute atomic E-state index is 0.289. The summed E-state index contributed by atoms with van der Waals surface area (Å²) in [5, 5.41) is 0.728. The molecule has 0 saturated heterocycles. The van der Waals surface area contributed by atoms with Gasteiger partial charge in [-0.05, 0) is 25.1 Å². The number of carbonyl (C=O) groups excluding carboxylic acids is 1. The Morgan fingerprint density at radius 1 is 1.56 bits per heavy atom. The molecule has 0 spiro atoms. The topological polar surface area (TPSA) is 35.1 Å². The smallest absolute Gasteiger partial charge is 0.346 e. The summed E-state index contributed by atoms with van der Waals surface area (Å²) in [4.78, 5) is 11.6. The number of ether oxygens (including phenoxy) is 1. The molecule has 0 fully saturated rings. The van der Waals surface area contributed by atoms with Crippen molar-refractivity contribution in [2.24, 2.45) is 0 Å². The Kier molecular flexibility index (Phi) is 2.59. The molecule has 1 aromatic heterocycles. The largest absolute Gasteiger partial charge is 0.462 e. The van der Waals surface area contributed by atoms with E-state index in [-0.39, 0.29) is 5.97 Å². The molecule has 3 rings (SSSR count). The van der Waals surface area contributed by atoms with Crippen LogP contribution < -0.4 is 4.68 Å². The van der Waals surface area contributed by atoms with E-state index in [1.807, 2.05) is 27.6 Å². The van der Waals surface area contributed by atoms with E-state index in [2.05, 4.69) is 0 Å². The van der Waals surface area contributed by atoms with Gasteiger partial charge in [0.25, 0.3) is 0 Å². The molecule has 1 aliphatic rings. The standard InChI is InChI=1S/C13H12ClN2O2/c1-2-18-13(17)10-7-15-6-9-5-11(14)3-4-12(9)16(15)8-10/h3-5,7-8H,2,6H2,1H3/q+1. The van der Waals surface area contributed by atoms with Crippen LogP contribution in [0.4, 0.5) is 0 Å². The average molecular weight is 264 g/mol. The van der Waals surface area contributed by atoms with Crippen molar-refractivity contribution in [2.75, 3.05) is 6.61 Å². The van der Waals surface area contributed by atoms with E-state index in [9.17, 15) is 4.79 Å². The van der Waals surface area contributed by atoms with Crippen molar-refractivity contribution >= 4 is 17.6 Å². The summed E-state index contributed by atoms with van der Waals surface area (Å²) in [6, 6.07) is 5.75. The van der Waals surface area contributed by atoms with Crippen LogP contribution in [0, 0.1) is 0 Å². The first-order valence-corrected chi connectivity index (χ1v) is 6.15. The third-order valence-electron chi connectivity index (χ3n) is 2.96. The van der Waals surface area contributed by atoms with Crippen LogP contribution in [0.1, 0.15) is 22.8 Å². The van der Waals surface area contributed by atoms with Crippen LogP contribution >= 0.6 is 11.6 Å². The highest BCUT2D eigenvalue weighted by atomic mass is 35.5. The second-order valence-corrected chi connectivity index (χ2v) is 4.59. The van der Waals surface area contributed by atoms with Crippen molar-refractivity contribution < 1.29 is 14.2 Å². The van der Waals surface area contributed by atoms with E-state index in [0.717, 1.165) is 22.8 Å². The van der Waals surface area contributed by atoms with Gasteiger partial charge in [-0.3, -0.25) is 0 Å². The molecule has 0 bridgehead atoms. The molecule has 2 aromatic rings. The zero-order valence-electron chi connectivity index (χ0n) is 9.89. The molecule has 18 heavy (non-hydrogen) atoms. The monoisotopic (exact) mass is 263 g/mol. The fourth-order valence-electron chi connectivity index (χ4n) is 2.19. The van der Waals surface area contributed by atoms with Gasteiger partial charge in [0.05, 0.1) is 18.4 Å². The molecule has 2 heterocycles. The molecule has 0 atom stereocenters. The fourth-order valence-corrected chi connectivity index (χ4v) is 2.39.